The van der Waals surface area contributed by atoms with Crippen LogP contribution in [0.1, 0.15) is 5.56 Å². The Morgan fingerprint density at radius 1 is 1.21 bits per heavy atom. The molecule has 0 atom stereocenters. The highest BCUT2D eigenvalue weighted by atomic mass is 79.9. The predicted molar refractivity (Wildman–Crippen MR) is 82.6 cm³/mol. The van der Waals surface area contributed by atoms with E-state index in [2.05, 4.69) is 26.8 Å². The summed E-state index contributed by atoms with van der Waals surface area (Å²) in [7, 11) is 1.64. The molecule has 3 nitrogen and oxygen atoms in total. The van der Waals surface area contributed by atoms with Crippen LogP contribution in [0.15, 0.2) is 46.9 Å². The van der Waals surface area contributed by atoms with Gasteiger partial charge in [-0.15, -0.1) is 0 Å². The number of para-hydroxylation sites is 1. The van der Waals surface area contributed by atoms with Crippen molar-refractivity contribution in [3.05, 3.63) is 57.5 Å². The molecule has 19 heavy (non-hydrogen) atoms. The van der Waals surface area contributed by atoms with E-state index in [0.29, 0.717) is 11.6 Å². The largest absolute Gasteiger partial charge is 0.495 e. The molecule has 2 aromatic rings. The van der Waals surface area contributed by atoms with Crippen molar-refractivity contribution in [2.24, 2.45) is 0 Å². The highest BCUT2D eigenvalue weighted by molar-refractivity contribution is 9.10. The lowest BCUT2D eigenvalue weighted by atomic mass is 10.2. The number of nitrogens with one attached hydrogen (secondary N) is 2. The van der Waals surface area contributed by atoms with Crippen molar-refractivity contribution in [3.8, 4) is 5.75 Å². The number of hydrogen-bond acceptors (Lipinski definition) is 3. The molecule has 0 unspecified atom stereocenters. The summed E-state index contributed by atoms with van der Waals surface area (Å²) in [5, 5.41) is 0.671. The summed E-state index contributed by atoms with van der Waals surface area (Å²) in [6.07, 6.45) is 0. The Kier molecular flexibility index (Phi) is 5.07. The van der Waals surface area contributed by atoms with Gasteiger partial charge >= 0.3 is 0 Å². The van der Waals surface area contributed by atoms with Crippen LogP contribution in [0.2, 0.25) is 5.02 Å². The van der Waals surface area contributed by atoms with Crippen LogP contribution >= 0.6 is 27.5 Å². The molecular weight excluding hydrogens is 328 g/mol. The van der Waals surface area contributed by atoms with E-state index in [9.17, 15) is 0 Å². The first-order valence-corrected chi connectivity index (χ1v) is 6.93. The van der Waals surface area contributed by atoms with E-state index in [-0.39, 0.29) is 0 Å². The summed E-state index contributed by atoms with van der Waals surface area (Å²) in [5.74, 6) is 0.784. The Labute approximate surface area is 126 Å². The average Bonchev–Trinajstić information content (AvgIpc) is 2.39. The molecule has 0 heterocycles. The third-order valence-electron chi connectivity index (χ3n) is 2.57. The monoisotopic (exact) mass is 340 g/mol. The van der Waals surface area contributed by atoms with E-state index in [1.54, 1.807) is 7.11 Å². The Balaban J connectivity index is 2.03. The van der Waals surface area contributed by atoms with E-state index in [1.165, 1.54) is 0 Å². The van der Waals surface area contributed by atoms with E-state index >= 15 is 0 Å². The third kappa shape index (κ3) is 3.86. The molecule has 0 aromatic heterocycles. The molecule has 2 N–H and O–H groups in total. The quantitative estimate of drug-likeness (QED) is 0.799. The highest BCUT2D eigenvalue weighted by Gasteiger charge is 2.08. The maximum absolute atomic E-state index is 6.04. The first-order chi connectivity index (χ1) is 9.20. The van der Waals surface area contributed by atoms with Crippen LogP contribution in [-0.4, -0.2) is 7.11 Å². The Hall–Kier alpha value is -1.23. The number of anilines is 1. The first kappa shape index (κ1) is 14.2. The lowest BCUT2D eigenvalue weighted by Gasteiger charge is -2.13. The second-order valence-corrected chi connectivity index (χ2v) is 5.22. The molecule has 2 rings (SSSR count). The van der Waals surface area contributed by atoms with Gasteiger partial charge in [0.1, 0.15) is 5.75 Å². The zero-order valence-electron chi connectivity index (χ0n) is 10.4. The minimum atomic E-state index is 0.594. The Bertz CT molecular complexity index is 549. The van der Waals surface area contributed by atoms with Gasteiger partial charge in [-0.25, -0.2) is 5.43 Å². The minimum Gasteiger partial charge on any atom is -0.495 e. The maximum atomic E-state index is 6.04. The number of benzene rings is 2. The van der Waals surface area contributed by atoms with E-state index in [0.717, 1.165) is 21.5 Å². The van der Waals surface area contributed by atoms with Crippen LogP contribution in [0.5, 0.6) is 5.75 Å². The molecule has 0 amide bonds. The van der Waals surface area contributed by atoms with Crippen LogP contribution in [0.25, 0.3) is 0 Å². The van der Waals surface area contributed by atoms with Gasteiger partial charge in [-0.05, 0) is 40.2 Å². The lowest BCUT2D eigenvalue weighted by molar-refractivity contribution is 0.406. The summed E-state index contributed by atoms with van der Waals surface area (Å²) in [4.78, 5) is 0. The number of rotatable bonds is 5. The number of methoxy groups -OCH3 is 1. The predicted octanol–water partition coefficient (Wildman–Crippen LogP) is 4.23. The second-order valence-electron chi connectivity index (χ2n) is 3.92. The molecule has 0 fully saturated rings. The molecule has 0 bridgehead atoms. The lowest BCUT2D eigenvalue weighted by Crippen LogP contribution is -2.21. The van der Waals surface area contributed by atoms with Crippen molar-refractivity contribution >= 4 is 33.2 Å². The fraction of sp³-hybridized carbons (Fsp3) is 0.143. The Morgan fingerprint density at radius 3 is 2.63 bits per heavy atom. The van der Waals surface area contributed by atoms with Gasteiger partial charge in [-0.1, -0.05) is 29.8 Å². The van der Waals surface area contributed by atoms with Crippen LogP contribution in [0, 0.1) is 0 Å². The number of hydrazine groups is 1. The van der Waals surface area contributed by atoms with Crippen LogP contribution < -0.4 is 15.6 Å². The topological polar surface area (TPSA) is 33.3 Å². The van der Waals surface area contributed by atoms with E-state index in [4.69, 9.17) is 16.3 Å². The molecular formula is C14H14BrClN2O. The van der Waals surface area contributed by atoms with Gasteiger partial charge in [0.25, 0.3) is 0 Å². The smallest absolute Gasteiger partial charge is 0.137 e. The second kappa shape index (κ2) is 6.80. The van der Waals surface area contributed by atoms with Crippen molar-refractivity contribution in [2.75, 3.05) is 12.5 Å². The zero-order valence-corrected chi connectivity index (χ0v) is 12.8. The highest BCUT2D eigenvalue weighted by Crippen LogP contribution is 2.32. The van der Waals surface area contributed by atoms with Crippen molar-refractivity contribution in [1.29, 1.82) is 0 Å². The number of hydrogen-bond donors (Lipinski definition) is 2. The van der Waals surface area contributed by atoms with Crippen molar-refractivity contribution in [3.63, 3.8) is 0 Å². The minimum absolute atomic E-state index is 0.594. The fourth-order valence-electron chi connectivity index (χ4n) is 1.74. The average molecular weight is 342 g/mol. The first-order valence-electron chi connectivity index (χ1n) is 5.76. The molecule has 5 heteroatoms. The summed E-state index contributed by atoms with van der Waals surface area (Å²) < 4.78 is 6.21. The van der Waals surface area contributed by atoms with Crippen molar-refractivity contribution in [1.82, 2.24) is 5.43 Å². The van der Waals surface area contributed by atoms with Gasteiger partial charge < -0.3 is 10.2 Å². The summed E-state index contributed by atoms with van der Waals surface area (Å²) in [6.45, 7) is 0.594. The van der Waals surface area contributed by atoms with Gasteiger partial charge in [0.05, 0.1) is 11.6 Å². The Morgan fingerprint density at radius 2 is 1.95 bits per heavy atom. The van der Waals surface area contributed by atoms with Gasteiger partial charge in [0.2, 0.25) is 0 Å². The molecule has 0 saturated carbocycles. The van der Waals surface area contributed by atoms with E-state index in [1.807, 2.05) is 42.5 Å². The van der Waals surface area contributed by atoms with Gasteiger partial charge in [-0.2, -0.15) is 0 Å². The number of ether oxygens (including phenoxy) is 1. The van der Waals surface area contributed by atoms with Crippen LogP contribution in [0.3, 0.4) is 0 Å². The van der Waals surface area contributed by atoms with Gasteiger partial charge in [0, 0.05) is 22.8 Å². The molecule has 100 valence electrons. The fourth-order valence-corrected chi connectivity index (χ4v) is 2.77. The molecule has 0 saturated heterocycles. The molecule has 0 aliphatic carbocycles. The third-order valence-corrected chi connectivity index (χ3v) is 3.38. The maximum Gasteiger partial charge on any atom is 0.137 e. The van der Waals surface area contributed by atoms with E-state index < -0.39 is 0 Å². The molecule has 0 aliphatic rings. The zero-order chi connectivity index (χ0) is 13.7. The van der Waals surface area contributed by atoms with Crippen molar-refractivity contribution in [2.45, 2.75) is 6.54 Å². The van der Waals surface area contributed by atoms with Crippen LogP contribution in [-0.2, 0) is 6.54 Å². The standard InChI is InChI=1S/C14H14BrClN2O/c1-19-14-10(7-11(16)8-13(14)15)9-17-18-12-5-3-2-4-6-12/h2-8,17-18H,9H2,1H3. The SMILES string of the molecule is COc1c(Br)cc(Cl)cc1CNNc1ccccc1. The van der Waals surface area contributed by atoms with Gasteiger partial charge in [0.15, 0.2) is 0 Å². The van der Waals surface area contributed by atoms with Gasteiger partial charge in [-0.3, -0.25) is 0 Å². The normalized spacial score (nSPS) is 10.3. The summed E-state index contributed by atoms with van der Waals surface area (Å²) in [5.41, 5.74) is 8.24. The van der Waals surface area contributed by atoms with Crippen molar-refractivity contribution < 1.29 is 4.74 Å². The molecule has 0 aliphatic heterocycles. The molecule has 0 spiro atoms. The molecule has 0 radical (unpaired) electrons. The number of halogens is 2. The molecule has 2 aromatic carbocycles. The van der Waals surface area contributed by atoms with Crippen LogP contribution in [0.4, 0.5) is 5.69 Å². The summed E-state index contributed by atoms with van der Waals surface area (Å²) >= 11 is 9.48. The summed E-state index contributed by atoms with van der Waals surface area (Å²) in [6, 6.07) is 13.6.